The summed E-state index contributed by atoms with van der Waals surface area (Å²) in [4.78, 5) is 2.36. The smallest absolute Gasteiger partial charge is 0.125 e. The Hall–Kier alpha value is -1.59. The van der Waals surface area contributed by atoms with E-state index in [0.29, 0.717) is 6.61 Å². The number of aliphatic hydroxyl groups is 1. The van der Waals surface area contributed by atoms with Crippen LogP contribution in [0.5, 0.6) is 5.75 Å². The topological polar surface area (TPSA) is 44.7 Å². The van der Waals surface area contributed by atoms with Gasteiger partial charge in [-0.25, -0.2) is 0 Å². The number of nitrogens with zero attached hydrogens (tertiary/aromatic N) is 1. The summed E-state index contributed by atoms with van der Waals surface area (Å²) in [7, 11) is 0. The first-order valence-electron chi connectivity index (χ1n) is 9.02. The van der Waals surface area contributed by atoms with Gasteiger partial charge in [0.05, 0.1) is 12.6 Å². The molecule has 0 unspecified atom stereocenters. The summed E-state index contributed by atoms with van der Waals surface area (Å²) in [5.41, 5.74) is 4.59. The minimum atomic E-state index is 0. The highest BCUT2D eigenvalue weighted by atomic mass is 35.5. The van der Waals surface area contributed by atoms with Crippen LogP contribution in [0.3, 0.4) is 0 Å². The van der Waals surface area contributed by atoms with Gasteiger partial charge in [-0.3, -0.25) is 4.90 Å². The lowest BCUT2D eigenvalue weighted by Crippen LogP contribution is -2.46. The molecule has 0 radical (unpaired) electrons. The van der Waals surface area contributed by atoms with Crippen molar-refractivity contribution in [1.29, 1.82) is 0 Å². The maximum atomic E-state index is 9.94. The molecule has 1 heterocycles. The molecule has 2 N–H and O–H groups in total. The first kappa shape index (κ1) is 20.7. The molecular weight excluding hydrogens is 348 g/mol. The number of nitrogens with one attached hydrogen (secondary N) is 1. The molecule has 1 fully saturated rings. The van der Waals surface area contributed by atoms with Crippen molar-refractivity contribution in [2.75, 3.05) is 32.8 Å². The molecule has 0 amide bonds. The Morgan fingerprint density at radius 2 is 1.69 bits per heavy atom. The standard InChI is InChI=1S/C21H28N2O2.ClH/c1-16-12-19(20(14-24)23-10-8-22-9-11-23)13-17(2)21(16)25-15-18-6-4-3-5-7-18;/h3-7,12-13,20,22,24H,8-11,14-15H2,1-2H3;1H/t20-;/m0./s1. The highest BCUT2D eigenvalue weighted by Crippen LogP contribution is 2.30. The molecule has 1 saturated heterocycles. The molecule has 0 bridgehead atoms. The summed E-state index contributed by atoms with van der Waals surface area (Å²) < 4.78 is 6.08. The second-order valence-electron chi connectivity index (χ2n) is 6.74. The number of rotatable bonds is 6. The van der Waals surface area contributed by atoms with Crippen molar-refractivity contribution >= 4 is 12.4 Å². The fourth-order valence-corrected chi connectivity index (χ4v) is 3.56. The third-order valence-corrected chi connectivity index (χ3v) is 4.86. The molecule has 2 aromatic rings. The average Bonchev–Trinajstić information content (AvgIpc) is 2.63. The number of piperazine rings is 1. The van der Waals surface area contributed by atoms with E-state index in [2.05, 4.69) is 48.3 Å². The predicted octanol–water partition coefficient (Wildman–Crippen LogP) is 3.24. The zero-order chi connectivity index (χ0) is 17.6. The van der Waals surface area contributed by atoms with E-state index in [4.69, 9.17) is 4.74 Å². The van der Waals surface area contributed by atoms with Gasteiger partial charge in [0.2, 0.25) is 0 Å². The maximum Gasteiger partial charge on any atom is 0.125 e. The van der Waals surface area contributed by atoms with E-state index in [1.807, 2.05) is 18.2 Å². The van der Waals surface area contributed by atoms with Crippen LogP contribution in [-0.4, -0.2) is 42.8 Å². The van der Waals surface area contributed by atoms with Crippen molar-refractivity contribution in [1.82, 2.24) is 10.2 Å². The SMILES string of the molecule is Cc1cc([C@H](CO)N2CCNCC2)cc(C)c1OCc1ccccc1.Cl. The monoisotopic (exact) mass is 376 g/mol. The van der Waals surface area contributed by atoms with E-state index in [1.54, 1.807) is 0 Å². The molecule has 1 atom stereocenters. The Kier molecular flexibility index (Phi) is 7.91. The summed E-state index contributed by atoms with van der Waals surface area (Å²) in [6.07, 6.45) is 0. The summed E-state index contributed by atoms with van der Waals surface area (Å²) in [5, 5.41) is 13.3. The zero-order valence-electron chi connectivity index (χ0n) is 15.6. The number of hydrogen-bond donors (Lipinski definition) is 2. The fraction of sp³-hybridized carbons (Fsp3) is 0.429. The van der Waals surface area contributed by atoms with Gasteiger partial charge < -0.3 is 15.2 Å². The van der Waals surface area contributed by atoms with Crippen LogP contribution in [0.4, 0.5) is 0 Å². The van der Waals surface area contributed by atoms with Gasteiger partial charge in [0.25, 0.3) is 0 Å². The van der Waals surface area contributed by atoms with E-state index < -0.39 is 0 Å². The van der Waals surface area contributed by atoms with Crippen molar-refractivity contribution < 1.29 is 9.84 Å². The third-order valence-electron chi connectivity index (χ3n) is 4.86. The van der Waals surface area contributed by atoms with Crippen LogP contribution >= 0.6 is 12.4 Å². The number of ether oxygens (including phenoxy) is 1. The molecule has 1 aliphatic heterocycles. The van der Waals surface area contributed by atoms with Crippen LogP contribution in [0, 0.1) is 13.8 Å². The van der Waals surface area contributed by atoms with Crippen molar-refractivity contribution in [3.05, 3.63) is 64.7 Å². The van der Waals surface area contributed by atoms with E-state index in [1.165, 1.54) is 11.1 Å². The Balaban J connectivity index is 0.00000243. The lowest BCUT2D eigenvalue weighted by atomic mass is 9.99. The van der Waals surface area contributed by atoms with E-state index in [-0.39, 0.29) is 25.1 Å². The quantitative estimate of drug-likeness (QED) is 0.812. The van der Waals surface area contributed by atoms with Crippen molar-refractivity contribution in [3.8, 4) is 5.75 Å². The number of benzene rings is 2. The van der Waals surface area contributed by atoms with E-state index >= 15 is 0 Å². The number of aryl methyl sites for hydroxylation is 2. The molecule has 1 aliphatic rings. The zero-order valence-corrected chi connectivity index (χ0v) is 16.4. The van der Waals surface area contributed by atoms with E-state index in [9.17, 15) is 5.11 Å². The number of hydrogen-bond acceptors (Lipinski definition) is 4. The largest absolute Gasteiger partial charge is 0.488 e. The van der Waals surface area contributed by atoms with Crippen LogP contribution in [0.2, 0.25) is 0 Å². The molecule has 5 heteroatoms. The van der Waals surface area contributed by atoms with Crippen molar-refractivity contribution in [3.63, 3.8) is 0 Å². The molecule has 0 aliphatic carbocycles. The summed E-state index contributed by atoms with van der Waals surface area (Å²) in [6.45, 7) is 8.78. The average molecular weight is 377 g/mol. The Labute approximate surface area is 162 Å². The summed E-state index contributed by atoms with van der Waals surface area (Å²) in [6, 6.07) is 14.6. The molecular formula is C21H29ClN2O2. The van der Waals surface area contributed by atoms with Crippen molar-refractivity contribution in [2.24, 2.45) is 0 Å². The molecule has 2 aromatic carbocycles. The van der Waals surface area contributed by atoms with Gasteiger partial charge in [-0.15, -0.1) is 12.4 Å². The first-order valence-corrected chi connectivity index (χ1v) is 9.02. The molecule has 26 heavy (non-hydrogen) atoms. The Morgan fingerprint density at radius 3 is 2.27 bits per heavy atom. The van der Waals surface area contributed by atoms with Gasteiger partial charge in [-0.1, -0.05) is 42.5 Å². The second-order valence-corrected chi connectivity index (χ2v) is 6.74. The summed E-state index contributed by atoms with van der Waals surface area (Å²) in [5.74, 6) is 0.949. The number of halogens is 1. The Bertz CT molecular complexity index is 665. The third kappa shape index (κ3) is 4.98. The van der Waals surface area contributed by atoms with Gasteiger partial charge in [0.15, 0.2) is 0 Å². The molecule has 0 aromatic heterocycles. The van der Waals surface area contributed by atoms with E-state index in [0.717, 1.165) is 43.1 Å². The minimum Gasteiger partial charge on any atom is -0.488 e. The van der Waals surface area contributed by atoms with Gasteiger partial charge in [0.1, 0.15) is 12.4 Å². The number of aliphatic hydroxyl groups excluding tert-OH is 1. The van der Waals surface area contributed by atoms with Crippen LogP contribution in [0.1, 0.15) is 28.3 Å². The minimum absolute atomic E-state index is 0. The molecule has 3 rings (SSSR count). The predicted molar refractivity (Wildman–Crippen MR) is 108 cm³/mol. The highest BCUT2D eigenvalue weighted by molar-refractivity contribution is 5.85. The van der Waals surface area contributed by atoms with Crippen LogP contribution in [0.15, 0.2) is 42.5 Å². The normalized spacial score (nSPS) is 16.0. The fourth-order valence-electron chi connectivity index (χ4n) is 3.56. The van der Waals surface area contributed by atoms with Crippen molar-refractivity contribution in [2.45, 2.75) is 26.5 Å². The van der Waals surface area contributed by atoms with Gasteiger partial charge in [-0.2, -0.15) is 0 Å². The van der Waals surface area contributed by atoms with Gasteiger partial charge >= 0.3 is 0 Å². The second kappa shape index (κ2) is 9.93. The maximum absolute atomic E-state index is 9.94. The molecule has 142 valence electrons. The lowest BCUT2D eigenvalue weighted by Gasteiger charge is -2.34. The van der Waals surface area contributed by atoms with Crippen LogP contribution in [-0.2, 0) is 6.61 Å². The highest BCUT2D eigenvalue weighted by Gasteiger charge is 2.22. The Morgan fingerprint density at radius 1 is 1.08 bits per heavy atom. The van der Waals surface area contributed by atoms with Crippen LogP contribution in [0.25, 0.3) is 0 Å². The molecule has 0 saturated carbocycles. The molecule has 0 spiro atoms. The first-order chi connectivity index (χ1) is 12.2. The lowest BCUT2D eigenvalue weighted by molar-refractivity contribution is 0.110. The molecule has 4 nitrogen and oxygen atoms in total. The summed E-state index contributed by atoms with van der Waals surface area (Å²) >= 11 is 0. The van der Waals surface area contributed by atoms with Gasteiger partial charge in [-0.05, 0) is 36.1 Å². The van der Waals surface area contributed by atoms with Gasteiger partial charge in [0, 0.05) is 26.2 Å². The van der Waals surface area contributed by atoms with Crippen LogP contribution < -0.4 is 10.1 Å².